The smallest absolute Gasteiger partial charge is 0.340 e. The van der Waals surface area contributed by atoms with E-state index >= 15 is 0 Å². The Balaban J connectivity index is 1.58. The van der Waals surface area contributed by atoms with Crippen molar-refractivity contribution in [2.45, 2.75) is 38.4 Å². The third-order valence-electron chi connectivity index (χ3n) is 6.28. The number of nitrogens with one attached hydrogen (secondary N) is 1. The molecule has 1 unspecified atom stereocenters. The highest BCUT2D eigenvalue weighted by Crippen LogP contribution is 2.41. The first kappa shape index (κ1) is 22.4. The van der Waals surface area contributed by atoms with Gasteiger partial charge in [-0.05, 0) is 51.0 Å². The Morgan fingerprint density at radius 2 is 1.91 bits per heavy atom. The lowest BCUT2D eigenvalue weighted by molar-refractivity contribution is -0.137. The molecule has 0 aliphatic carbocycles. The van der Waals surface area contributed by atoms with Gasteiger partial charge >= 0.3 is 6.18 Å². The number of carbonyl (C=O) groups excluding carboxylic acids is 1. The van der Waals surface area contributed by atoms with E-state index in [1.54, 1.807) is 17.0 Å². The molecule has 1 fully saturated rings. The molecule has 7 nitrogen and oxygen atoms in total. The van der Waals surface area contributed by atoms with Crippen LogP contribution in [0.25, 0.3) is 16.7 Å². The van der Waals surface area contributed by atoms with E-state index in [9.17, 15) is 18.0 Å². The lowest BCUT2D eigenvalue weighted by Crippen LogP contribution is -2.44. The third-order valence-corrected chi connectivity index (χ3v) is 6.57. The zero-order chi connectivity index (χ0) is 24.3. The summed E-state index contributed by atoms with van der Waals surface area (Å²) in [5, 5.41) is 8.21. The van der Waals surface area contributed by atoms with Crippen LogP contribution in [0.1, 0.15) is 47.1 Å². The zero-order valence-corrected chi connectivity index (χ0v) is 19.1. The van der Waals surface area contributed by atoms with E-state index in [-0.39, 0.29) is 22.0 Å². The molecule has 11 heteroatoms. The van der Waals surface area contributed by atoms with Crippen LogP contribution in [0, 0.1) is 6.92 Å². The molecule has 2 aromatic heterocycles. The van der Waals surface area contributed by atoms with Crippen molar-refractivity contribution in [2.75, 3.05) is 6.54 Å². The summed E-state index contributed by atoms with van der Waals surface area (Å²) in [6, 6.07) is 7.30. The average molecular weight is 489 g/mol. The van der Waals surface area contributed by atoms with Crippen LogP contribution in [0.2, 0.25) is 5.02 Å². The summed E-state index contributed by atoms with van der Waals surface area (Å²) in [5.74, 6) is 0.152. The fourth-order valence-corrected chi connectivity index (χ4v) is 4.77. The summed E-state index contributed by atoms with van der Waals surface area (Å²) >= 11 is 6.14. The van der Waals surface area contributed by atoms with Gasteiger partial charge in [-0.1, -0.05) is 23.2 Å². The summed E-state index contributed by atoms with van der Waals surface area (Å²) in [4.78, 5) is 24.4. The quantitative estimate of drug-likeness (QED) is 0.426. The molecule has 34 heavy (non-hydrogen) atoms. The predicted octanol–water partition coefficient (Wildman–Crippen LogP) is 5.28. The van der Waals surface area contributed by atoms with Crippen molar-refractivity contribution in [2.24, 2.45) is 0 Å². The normalized spacial score (nSPS) is 18.7. The highest BCUT2D eigenvalue weighted by Gasteiger charge is 2.44. The van der Waals surface area contributed by atoms with Crippen LogP contribution in [-0.2, 0) is 11.7 Å². The van der Waals surface area contributed by atoms with Gasteiger partial charge in [0.05, 0.1) is 45.3 Å². The van der Waals surface area contributed by atoms with Gasteiger partial charge in [0, 0.05) is 6.54 Å². The number of halogens is 4. The van der Waals surface area contributed by atoms with E-state index in [0.29, 0.717) is 36.5 Å². The lowest BCUT2D eigenvalue weighted by Gasteiger charge is -2.34. The Labute approximate surface area is 197 Å². The van der Waals surface area contributed by atoms with Crippen molar-refractivity contribution in [1.82, 2.24) is 29.9 Å². The molecule has 3 heterocycles. The number of aryl methyl sites for hydroxylation is 1. The maximum Gasteiger partial charge on any atom is 0.416 e. The Kier molecular flexibility index (Phi) is 5.16. The van der Waals surface area contributed by atoms with Crippen LogP contribution in [0.4, 0.5) is 13.2 Å². The Morgan fingerprint density at radius 1 is 1.18 bits per heavy atom. The van der Waals surface area contributed by atoms with Gasteiger partial charge in [-0.2, -0.15) is 28.2 Å². The molecule has 1 aliphatic rings. The molecule has 1 aliphatic heterocycles. The molecule has 0 bridgehead atoms. The average Bonchev–Trinajstić information content (AvgIpc) is 3.52. The number of rotatable bonds is 3. The molecular weight excluding hydrogens is 469 g/mol. The minimum atomic E-state index is -4.54. The molecule has 1 atom stereocenters. The van der Waals surface area contributed by atoms with Crippen molar-refractivity contribution < 1.29 is 18.0 Å². The van der Waals surface area contributed by atoms with E-state index < -0.39 is 17.3 Å². The van der Waals surface area contributed by atoms with Gasteiger partial charge in [-0.3, -0.25) is 4.79 Å². The highest BCUT2D eigenvalue weighted by molar-refractivity contribution is 6.35. The fourth-order valence-electron chi connectivity index (χ4n) is 4.51. The first-order valence-electron chi connectivity index (χ1n) is 10.6. The van der Waals surface area contributed by atoms with E-state index in [4.69, 9.17) is 11.6 Å². The van der Waals surface area contributed by atoms with Crippen LogP contribution >= 0.6 is 11.6 Å². The lowest BCUT2D eigenvalue weighted by atomic mass is 9.96. The number of benzene rings is 2. The largest absolute Gasteiger partial charge is 0.416 e. The second-order valence-corrected chi connectivity index (χ2v) is 9.02. The fraction of sp³-hybridized carbons (Fsp3) is 0.304. The van der Waals surface area contributed by atoms with Crippen molar-refractivity contribution in [3.63, 3.8) is 0 Å². The number of fused-ring (bicyclic) bond motifs is 1. The number of H-pyrrole nitrogens is 1. The number of hydrogen-bond donors (Lipinski definition) is 1. The van der Waals surface area contributed by atoms with Crippen LogP contribution in [-0.4, -0.2) is 42.3 Å². The Bertz CT molecular complexity index is 1400. The van der Waals surface area contributed by atoms with E-state index in [0.717, 1.165) is 17.7 Å². The van der Waals surface area contributed by atoms with Gasteiger partial charge in [0.25, 0.3) is 5.91 Å². The number of alkyl halides is 3. The SMILES string of the molecule is Cc1ccc(-n2nccn2)c(C(=O)N2CCCC2(C)c2nc3c(Cl)cc(C(F)(F)F)cc3[nH]2)c1. The van der Waals surface area contributed by atoms with Gasteiger partial charge in [0.2, 0.25) is 0 Å². The molecule has 0 saturated carbocycles. The Hall–Kier alpha value is -3.40. The molecule has 0 spiro atoms. The van der Waals surface area contributed by atoms with Crippen molar-refractivity contribution >= 4 is 28.5 Å². The molecule has 5 rings (SSSR count). The number of amides is 1. The second-order valence-electron chi connectivity index (χ2n) is 8.61. The van der Waals surface area contributed by atoms with E-state index in [1.165, 1.54) is 17.2 Å². The van der Waals surface area contributed by atoms with Crippen LogP contribution in [0.3, 0.4) is 0 Å². The highest BCUT2D eigenvalue weighted by atomic mass is 35.5. The molecule has 2 aromatic carbocycles. The van der Waals surface area contributed by atoms with Crippen LogP contribution in [0.15, 0.2) is 42.7 Å². The minimum absolute atomic E-state index is 0.0995. The number of likely N-dealkylation sites (tertiary alicyclic amines) is 1. The first-order valence-corrected chi connectivity index (χ1v) is 11.0. The summed E-state index contributed by atoms with van der Waals surface area (Å²) < 4.78 is 39.8. The molecule has 0 radical (unpaired) electrons. The molecule has 4 aromatic rings. The van der Waals surface area contributed by atoms with Gasteiger partial charge in [-0.25, -0.2) is 4.98 Å². The summed E-state index contributed by atoms with van der Waals surface area (Å²) in [7, 11) is 0. The third kappa shape index (κ3) is 3.62. The van der Waals surface area contributed by atoms with Gasteiger partial charge in [0.15, 0.2) is 0 Å². The molecule has 1 N–H and O–H groups in total. The first-order chi connectivity index (χ1) is 16.1. The number of carbonyl (C=O) groups is 1. The molecular formula is C23H20ClF3N6O. The Morgan fingerprint density at radius 3 is 2.62 bits per heavy atom. The van der Waals surface area contributed by atoms with Crippen LogP contribution < -0.4 is 0 Å². The summed E-state index contributed by atoms with van der Waals surface area (Å²) in [6.45, 7) is 4.21. The summed E-state index contributed by atoms with van der Waals surface area (Å²) in [5.41, 5.74) is 0.553. The van der Waals surface area contributed by atoms with Gasteiger partial charge < -0.3 is 9.88 Å². The van der Waals surface area contributed by atoms with Crippen molar-refractivity contribution in [3.05, 3.63) is 70.3 Å². The van der Waals surface area contributed by atoms with Gasteiger partial charge in [-0.15, -0.1) is 0 Å². The number of aromatic nitrogens is 5. The van der Waals surface area contributed by atoms with Gasteiger partial charge in [0.1, 0.15) is 11.3 Å². The number of imidazole rings is 1. The minimum Gasteiger partial charge on any atom is -0.340 e. The number of hydrogen-bond acceptors (Lipinski definition) is 4. The molecule has 1 amide bonds. The maximum absolute atomic E-state index is 13.8. The zero-order valence-electron chi connectivity index (χ0n) is 18.3. The number of nitrogens with zero attached hydrogens (tertiary/aromatic N) is 5. The predicted molar refractivity (Wildman–Crippen MR) is 120 cm³/mol. The second kappa shape index (κ2) is 7.83. The number of aromatic amines is 1. The molecule has 176 valence electrons. The van der Waals surface area contributed by atoms with Crippen molar-refractivity contribution in [3.8, 4) is 5.69 Å². The van der Waals surface area contributed by atoms with Crippen molar-refractivity contribution in [1.29, 1.82) is 0 Å². The summed E-state index contributed by atoms with van der Waals surface area (Å²) in [6.07, 6.45) is -0.182. The van der Waals surface area contributed by atoms with Crippen LogP contribution in [0.5, 0.6) is 0 Å². The maximum atomic E-state index is 13.8. The molecule has 1 saturated heterocycles. The standard InChI is InChI=1S/C23H20ClF3N6O/c1-13-4-5-18(33-28-7-8-29-33)15(10-13)20(34)32-9-3-6-22(32,2)21-30-17-12-14(23(25,26)27)11-16(24)19(17)31-21/h4-5,7-8,10-12H,3,6,9H2,1-2H3,(H,30,31). The van der Waals surface area contributed by atoms with E-state index in [2.05, 4.69) is 20.2 Å². The van der Waals surface area contributed by atoms with E-state index in [1.807, 2.05) is 19.9 Å². The topological polar surface area (TPSA) is 79.7 Å². The monoisotopic (exact) mass is 488 g/mol.